The molecule has 5 rings (SSSR count). The number of nitrogens with one attached hydrogen (secondary N) is 1. The van der Waals surface area contributed by atoms with Gasteiger partial charge in [0.1, 0.15) is 11.4 Å². The van der Waals surface area contributed by atoms with Crippen molar-refractivity contribution in [2.75, 3.05) is 0 Å². The monoisotopic (exact) mass is 497 g/mol. The first-order chi connectivity index (χ1) is 16.7. The highest BCUT2D eigenvalue weighted by Crippen LogP contribution is 2.57. The largest absolute Gasteiger partial charge is 0.477 e. The highest BCUT2D eigenvalue weighted by molar-refractivity contribution is 8.01. The Labute approximate surface area is 202 Å². The average molecular weight is 497 g/mol. The van der Waals surface area contributed by atoms with E-state index in [-0.39, 0.29) is 24.4 Å². The van der Waals surface area contributed by atoms with Crippen molar-refractivity contribution >= 4 is 41.2 Å². The van der Waals surface area contributed by atoms with Crippen LogP contribution in [0.15, 0.2) is 54.6 Å². The summed E-state index contributed by atoms with van der Waals surface area (Å²) in [6, 6.07) is 13.6. The van der Waals surface area contributed by atoms with E-state index in [0.29, 0.717) is 5.56 Å². The topological polar surface area (TPSA) is 156 Å². The van der Waals surface area contributed by atoms with E-state index >= 15 is 0 Å². The zero-order valence-electron chi connectivity index (χ0n) is 18.0. The van der Waals surface area contributed by atoms with Gasteiger partial charge in [0.25, 0.3) is 17.3 Å². The third-order valence-electron chi connectivity index (χ3n) is 6.43. The first-order valence-corrected chi connectivity index (χ1v) is 11.7. The predicted octanol–water partition coefficient (Wildman–Crippen LogP) is 1.10. The Hall–Kier alpha value is -3.93. The van der Waals surface area contributed by atoms with Crippen LogP contribution in [0.1, 0.15) is 11.1 Å². The highest BCUT2D eigenvalue weighted by Gasteiger charge is 2.77. The number of carbonyl (C=O) groups excluding carboxylic acids is 3. The summed E-state index contributed by atoms with van der Waals surface area (Å²) in [5, 5.41) is 22.0. The summed E-state index contributed by atoms with van der Waals surface area (Å²) in [4.78, 5) is 61.9. The normalized spacial score (nSPS) is 28.5. The van der Waals surface area contributed by atoms with Gasteiger partial charge in [-0.05, 0) is 17.5 Å². The van der Waals surface area contributed by atoms with Gasteiger partial charge in [-0.15, -0.1) is 11.8 Å². The number of benzene rings is 2. The van der Waals surface area contributed by atoms with Gasteiger partial charge in [0, 0.05) is 12.1 Å². The quantitative estimate of drug-likeness (QED) is 0.247. The van der Waals surface area contributed by atoms with Crippen molar-refractivity contribution < 1.29 is 33.9 Å². The van der Waals surface area contributed by atoms with Crippen molar-refractivity contribution in [2.45, 2.75) is 35.2 Å². The summed E-state index contributed by atoms with van der Waals surface area (Å²) in [6.07, 6.45) is 0.149. The van der Waals surface area contributed by atoms with E-state index in [1.54, 1.807) is 24.3 Å². The van der Waals surface area contributed by atoms with E-state index in [1.165, 1.54) is 24.3 Å². The molecule has 5 atom stereocenters. The van der Waals surface area contributed by atoms with Crippen LogP contribution in [0.3, 0.4) is 0 Å². The third kappa shape index (κ3) is 3.60. The molecule has 0 aromatic heterocycles. The Morgan fingerprint density at radius 3 is 2.43 bits per heavy atom. The maximum absolute atomic E-state index is 12.9. The van der Waals surface area contributed by atoms with E-state index in [2.05, 4.69) is 5.32 Å². The number of non-ortho nitro benzene ring substituents is 1. The van der Waals surface area contributed by atoms with Crippen LogP contribution >= 0.6 is 11.8 Å². The number of thioether (sulfide) groups is 1. The third-order valence-corrected chi connectivity index (χ3v) is 8.13. The van der Waals surface area contributed by atoms with Crippen LogP contribution in [0.5, 0.6) is 0 Å². The maximum atomic E-state index is 12.9. The number of esters is 1. The fourth-order valence-corrected chi connectivity index (χ4v) is 6.64. The fourth-order valence-electron chi connectivity index (χ4n) is 4.77. The van der Waals surface area contributed by atoms with Crippen LogP contribution in [0.2, 0.25) is 0 Å². The number of nitro benzene ring substituents is 1. The minimum Gasteiger partial charge on any atom is -0.477 e. The zero-order valence-corrected chi connectivity index (χ0v) is 18.8. The number of ether oxygens (including phenoxy) is 1. The van der Waals surface area contributed by atoms with Gasteiger partial charge >= 0.3 is 11.9 Å². The van der Waals surface area contributed by atoms with Crippen LogP contribution in [0, 0.1) is 16.0 Å². The van der Waals surface area contributed by atoms with Crippen LogP contribution in [0.25, 0.3) is 0 Å². The standard InChI is InChI=1S/C23H19N3O8S/c27-16(11-12-4-2-1-3-5-12)24-17-19(28)25-20(17)35-18-15(21(29)34-23(18,25)22(30)31)10-13-6-8-14(9-7-13)26(32)33/h1-9,15,17-18,20H,10-11H2,(H,24,27)(H,30,31)/t15?,17-,18-,20-,23-/m1/s1. The lowest BCUT2D eigenvalue weighted by Crippen LogP contribution is -2.74. The lowest BCUT2D eigenvalue weighted by atomic mass is 9.90. The molecule has 180 valence electrons. The summed E-state index contributed by atoms with van der Waals surface area (Å²) in [7, 11) is 0. The number of carbonyl (C=O) groups is 4. The van der Waals surface area contributed by atoms with Crippen LogP contribution in [0.4, 0.5) is 5.69 Å². The molecule has 0 radical (unpaired) electrons. The van der Waals surface area contributed by atoms with Crippen LogP contribution in [-0.4, -0.2) is 61.1 Å². The molecule has 12 heteroatoms. The number of rotatable bonds is 7. The number of carboxylic acids is 1. The second-order valence-corrected chi connectivity index (χ2v) is 9.78. The Balaban J connectivity index is 1.34. The molecule has 3 aliphatic rings. The second-order valence-electron chi connectivity index (χ2n) is 8.52. The van der Waals surface area contributed by atoms with Crippen molar-refractivity contribution in [1.29, 1.82) is 0 Å². The summed E-state index contributed by atoms with van der Waals surface area (Å²) in [5.41, 5.74) is -0.909. The summed E-state index contributed by atoms with van der Waals surface area (Å²) >= 11 is 1.11. The van der Waals surface area contributed by atoms with Gasteiger partial charge < -0.3 is 15.2 Å². The minimum absolute atomic E-state index is 0.0628. The maximum Gasteiger partial charge on any atom is 0.371 e. The SMILES string of the molecule is O=C(Cc1ccccc1)N[C@@H]1C(=O)N2[C@@H]1S[C@@H]1C(Cc3ccc([N+](=O)[O-])cc3)C(=O)O[C@@]12C(=O)O. The van der Waals surface area contributed by atoms with E-state index < -0.39 is 51.1 Å². The molecule has 35 heavy (non-hydrogen) atoms. The smallest absolute Gasteiger partial charge is 0.371 e. The van der Waals surface area contributed by atoms with Gasteiger partial charge in [-0.2, -0.15) is 0 Å². The average Bonchev–Trinajstić information content (AvgIpc) is 3.27. The number of nitrogens with zero attached hydrogens (tertiary/aromatic N) is 2. The highest BCUT2D eigenvalue weighted by atomic mass is 32.2. The number of β-lactam (4-membered cyclic amide) rings is 1. The van der Waals surface area contributed by atoms with Crippen molar-refractivity contribution in [1.82, 2.24) is 10.2 Å². The second kappa shape index (κ2) is 8.38. The molecule has 2 aromatic carbocycles. The molecule has 2 amide bonds. The number of nitro groups is 1. The molecule has 0 spiro atoms. The molecule has 0 saturated carbocycles. The molecule has 0 aliphatic carbocycles. The lowest BCUT2D eigenvalue weighted by Gasteiger charge is -2.46. The van der Waals surface area contributed by atoms with Gasteiger partial charge in [0.2, 0.25) is 5.91 Å². The first kappa shape index (κ1) is 22.8. The Bertz CT molecular complexity index is 1240. The fraction of sp³-hybridized carbons (Fsp3) is 0.304. The molecular weight excluding hydrogens is 478 g/mol. The lowest BCUT2D eigenvalue weighted by molar-refractivity contribution is -0.384. The van der Waals surface area contributed by atoms with Crippen molar-refractivity contribution in [3.63, 3.8) is 0 Å². The van der Waals surface area contributed by atoms with E-state index in [0.717, 1.165) is 22.2 Å². The molecule has 3 aliphatic heterocycles. The van der Waals surface area contributed by atoms with Crippen molar-refractivity contribution in [3.8, 4) is 0 Å². The van der Waals surface area contributed by atoms with Gasteiger partial charge in [-0.1, -0.05) is 42.5 Å². The number of amides is 2. The van der Waals surface area contributed by atoms with E-state index in [9.17, 15) is 34.4 Å². The summed E-state index contributed by atoms with van der Waals surface area (Å²) in [6.45, 7) is 0. The van der Waals surface area contributed by atoms with Crippen LogP contribution in [-0.2, 0) is 36.8 Å². The van der Waals surface area contributed by atoms with E-state index in [1.807, 2.05) is 6.07 Å². The molecule has 0 bridgehead atoms. The van der Waals surface area contributed by atoms with Gasteiger partial charge in [-0.3, -0.25) is 29.4 Å². The molecule has 3 fully saturated rings. The molecule has 11 nitrogen and oxygen atoms in total. The first-order valence-electron chi connectivity index (χ1n) is 10.7. The number of hydrogen-bond acceptors (Lipinski definition) is 8. The predicted molar refractivity (Wildman–Crippen MR) is 121 cm³/mol. The number of hydrogen-bond donors (Lipinski definition) is 2. The Morgan fingerprint density at radius 1 is 1.11 bits per heavy atom. The number of fused-ring (bicyclic) bond motifs is 3. The van der Waals surface area contributed by atoms with Crippen molar-refractivity contribution in [3.05, 3.63) is 75.8 Å². The molecule has 3 heterocycles. The number of carboxylic acid groups (broad SMARTS) is 1. The van der Waals surface area contributed by atoms with Gasteiger partial charge in [0.05, 0.1) is 22.5 Å². The molecule has 2 N–H and O–H groups in total. The molecule has 1 unspecified atom stereocenters. The minimum atomic E-state index is -2.16. The number of aliphatic carboxylic acids is 1. The summed E-state index contributed by atoms with van der Waals surface area (Å²) in [5.74, 6) is -4.12. The molecular formula is C23H19N3O8S. The van der Waals surface area contributed by atoms with Gasteiger partial charge in [-0.25, -0.2) is 4.79 Å². The Kier molecular flexibility index (Phi) is 5.47. The van der Waals surface area contributed by atoms with Crippen molar-refractivity contribution in [2.24, 2.45) is 5.92 Å². The Morgan fingerprint density at radius 2 is 1.80 bits per heavy atom. The molecule has 2 aromatic rings. The van der Waals surface area contributed by atoms with Gasteiger partial charge in [0.15, 0.2) is 0 Å². The summed E-state index contributed by atoms with van der Waals surface area (Å²) < 4.78 is 5.36. The van der Waals surface area contributed by atoms with Crippen LogP contribution < -0.4 is 5.32 Å². The molecule has 3 saturated heterocycles. The zero-order chi connectivity index (χ0) is 24.9. The van der Waals surface area contributed by atoms with E-state index in [4.69, 9.17) is 4.74 Å².